The standard InChI is InChI=1S/C8H17N/c1-4-5-6-9-7(2)8(9)3/h7-8H,4-6H2,1-3H3. The summed E-state index contributed by atoms with van der Waals surface area (Å²) in [4.78, 5) is 2.55. The minimum Gasteiger partial charge on any atom is -0.295 e. The maximum Gasteiger partial charge on any atom is 0.0224 e. The minimum atomic E-state index is 0.872. The zero-order valence-corrected chi connectivity index (χ0v) is 6.72. The van der Waals surface area contributed by atoms with Crippen LogP contribution in [0.1, 0.15) is 33.6 Å². The van der Waals surface area contributed by atoms with Crippen molar-refractivity contribution in [1.82, 2.24) is 4.90 Å². The molecule has 0 aliphatic carbocycles. The lowest BCUT2D eigenvalue weighted by Gasteiger charge is -1.97. The summed E-state index contributed by atoms with van der Waals surface area (Å²) in [6.07, 6.45) is 2.70. The predicted octanol–water partition coefficient (Wildman–Crippen LogP) is 1.88. The molecule has 0 aromatic carbocycles. The van der Waals surface area contributed by atoms with Crippen LogP contribution in [0.25, 0.3) is 0 Å². The Kier molecular flexibility index (Phi) is 2.12. The van der Waals surface area contributed by atoms with E-state index in [-0.39, 0.29) is 0 Å². The van der Waals surface area contributed by atoms with E-state index >= 15 is 0 Å². The number of unbranched alkanes of at least 4 members (excludes halogenated alkanes) is 1. The Morgan fingerprint density at radius 3 is 2.11 bits per heavy atom. The molecule has 0 N–H and O–H groups in total. The summed E-state index contributed by atoms with van der Waals surface area (Å²) in [6, 6.07) is 1.74. The molecule has 0 bridgehead atoms. The van der Waals surface area contributed by atoms with Crippen molar-refractivity contribution in [2.75, 3.05) is 6.54 Å². The van der Waals surface area contributed by atoms with Gasteiger partial charge in [-0.1, -0.05) is 13.3 Å². The van der Waals surface area contributed by atoms with Crippen molar-refractivity contribution >= 4 is 0 Å². The molecule has 1 saturated heterocycles. The van der Waals surface area contributed by atoms with Crippen molar-refractivity contribution in [2.24, 2.45) is 0 Å². The quantitative estimate of drug-likeness (QED) is 0.523. The fraction of sp³-hybridized carbons (Fsp3) is 1.00. The molecule has 0 aromatic rings. The molecule has 1 aliphatic heterocycles. The summed E-state index contributed by atoms with van der Waals surface area (Å²) in [5.41, 5.74) is 0. The largest absolute Gasteiger partial charge is 0.295 e. The summed E-state index contributed by atoms with van der Waals surface area (Å²) in [5, 5.41) is 0. The van der Waals surface area contributed by atoms with E-state index in [1.165, 1.54) is 19.4 Å². The topological polar surface area (TPSA) is 3.01 Å². The maximum absolute atomic E-state index is 2.55. The number of rotatable bonds is 3. The van der Waals surface area contributed by atoms with Gasteiger partial charge >= 0.3 is 0 Å². The third-order valence-electron chi connectivity index (χ3n) is 2.42. The molecule has 1 nitrogen and oxygen atoms in total. The van der Waals surface area contributed by atoms with Crippen LogP contribution < -0.4 is 0 Å². The number of hydrogen-bond donors (Lipinski definition) is 0. The van der Waals surface area contributed by atoms with Crippen LogP contribution in [0, 0.1) is 0 Å². The molecule has 0 aromatic heterocycles. The van der Waals surface area contributed by atoms with Gasteiger partial charge in [0, 0.05) is 12.1 Å². The van der Waals surface area contributed by atoms with Crippen LogP contribution in [-0.4, -0.2) is 23.5 Å². The molecule has 2 unspecified atom stereocenters. The first-order valence-corrected chi connectivity index (χ1v) is 4.03. The van der Waals surface area contributed by atoms with Gasteiger partial charge in [-0.15, -0.1) is 0 Å². The highest BCUT2D eigenvalue weighted by atomic mass is 15.3. The normalized spacial score (nSPS) is 41.0. The molecule has 1 aliphatic rings. The summed E-state index contributed by atoms with van der Waals surface area (Å²) in [6.45, 7) is 8.18. The molecule has 1 fully saturated rings. The third kappa shape index (κ3) is 1.45. The third-order valence-corrected chi connectivity index (χ3v) is 2.42. The second-order valence-corrected chi connectivity index (χ2v) is 3.07. The fourth-order valence-electron chi connectivity index (χ4n) is 1.33. The van der Waals surface area contributed by atoms with E-state index in [9.17, 15) is 0 Å². The first-order valence-electron chi connectivity index (χ1n) is 4.03. The Hall–Kier alpha value is -0.0400. The molecule has 1 heteroatoms. The van der Waals surface area contributed by atoms with Crippen molar-refractivity contribution in [1.29, 1.82) is 0 Å². The van der Waals surface area contributed by atoms with Crippen molar-refractivity contribution in [3.05, 3.63) is 0 Å². The average Bonchev–Trinajstić information content (AvgIpc) is 2.39. The van der Waals surface area contributed by atoms with Crippen molar-refractivity contribution in [3.63, 3.8) is 0 Å². The van der Waals surface area contributed by atoms with E-state index < -0.39 is 0 Å². The van der Waals surface area contributed by atoms with Gasteiger partial charge in [0.25, 0.3) is 0 Å². The van der Waals surface area contributed by atoms with Crippen LogP contribution in [0.2, 0.25) is 0 Å². The molecule has 54 valence electrons. The monoisotopic (exact) mass is 127 g/mol. The molecule has 0 amide bonds. The fourth-order valence-corrected chi connectivity index (χ4v) is 1.33. The number of nitrogens with zero attached hydrogens (tertiary/aromatic N) is 1. The SMILES string of the molecule is CCCCN1C(C)C1C. The van der Waals surface area contributed by atoms with Gasteiger partial charge in [-0.2, -0.15) is 0 Å². The zero-order chi connectivity index (χ0) is 6.85. The molecule has 9 heavy (non-hydrogen) atoms. The van der Waals surface area contributed by atoms with Crippen molar-refractivity contribution < 1.29 is 0 Å². The van der Waals surface area contributed by atoms with Gasteiger partial charge in [0.1, 0.15) is 0 Å². The predicted molar refractivity (Wildman–Crippen MR) is 40.5 cm³/mol. The maximum atomic E-state index is 2.55. The van der Waals surface area contributed by atoms with Crippen LogP contribution >= 0.6 is 0 Å². The Morgan fingerprint density at radius 2 is 1.78 bits per heavy atom. The summed E-state index contributed by atoms with van der Waals surface area (Å²) >= 11 is 0. The van der Waals surface area contributed by atoms with Crippen LogP contribution in [0.3, 0.4) is 0 Å². The Bertz CT molecular complexity index is 82.6. The average molecular weight is 127 g/mol. The molecule has 0 saturated carbocycles. The van der Waals surface area contributed by atoms with E-state index in [4.69, 9.17) is 0 Å². The van der Waals surface area contributed by atoms with E-state index in [0.717, 1.165) is 12.1 Å². The lowest BCUT2D eigenvalue weighted by molar-refractivity contribution is 0.474. The highest BCUT2D eigenvalue weighted by molar-refractivity contribution is 4.94. The lowest BCUT2D eigenvalue weighted by atomic mass is 10.3. The van der Waals surface area contributed by atoms with Crippen LogP contribution in [0.15, 0.2) is 0 Å². The van der Waals surface area contributed by atoms with Gasteiger partial charge in [0.05, 0.1) is 0 Å². The highest BCUT2D eigenvalue weighted by Crippen LogP contribution is 2.26. The van der Waals surface area contributed by atoms with Gasteiger partial charge in [0.2, 0.25) is 0 Å². The smallest absolute Gasteiger partial charge is 0.0224 e. The van der Waals surface area contributed by atoms with Gasteiger partial charge in [-0.3, -0.25) is 4.90 Å². The molecule has 0 radical (unpaired) electrons. The van der Waals surface area contributed by atoms with E-state index in [1.807, 2.05) is 0 Å². The van der Waals surface area contributed by atoms with E-state index in [0.29, 0.717) is 0 Å². The van der Waals surface area contributed by atoms with Gasteiger partial charge < -0.3 is 0 Å². The number of hydrogen-bond acceptors (Lipinski definition) is 1. The van der Waals surface area contributed by atoms with Crippen molar-refractivity contribution in [3.8, 4) is 0 Å². The second-order valence-electron chi connectivity index (χ2n) is 3.07. The Balaban J connectivity index is 2.04. The molecular formula is C8H17N. The summed E-state index contributed by atoms with van der Waals surface area (Å²) < 4.78 is 0. The molecule has 2 atom stereocenters. The van der Waals surface area contributed by atoms with E-state index in [1.54, 1.807) is 0 Å². The Morgan fingerprint density at radius 1 is 1.22 bits per heavy atom. The summed E-state index contributed by atoms with van der Waals surface area (Å²) in [7, 11) is 0. The zero-order valence-electron chi connectivity index (χ0n) is 6.72. The van der Waals surface area contributed by atoms with Gasteiger partial charge in [-0.25, -0.2) is 0 Å². The minimum absolute atomic E-state index is 0.872. The van der Waals surface area contributed by atoms with Crippen LogP contribution in [-0.2, 0) is 0 Å². The first kappa shape index (κ1) is 7.07. The second kappa shape index (κ2) is 2.70. The van der Waals surface area contributed by atoms with Crippen LogP contribution in [0.4, 0.5) is 0 Å². The van der Waals surface area contributed by atoms with E-state index in [2.05, 4.69) is 25.7 Å². The molecule has 0 spiro atoms. The molecule has 1 heterocycles. The molecule has 1 rings (SSSR count). The first-order chi connectivity index (χ1) is 4.27. The van der Waals surface area contributed by atoms with Gasteiger partial charge in [-0.05, 0) is 26.8 Å². The van der Waals surface area contributed by atoms with Crippen molar-refractivity contribution in [2.45, 2.75) is 45.7 Å². The summed E-state index contributed by atoms with van der Waals surface area (Å²) in [5.74, 6) is 0. The van der Waals surface area contributed by atoms with Gasteiger partial charge in [0.15, 0.2) is 0 Å². The van der Waals surface area contributed by atoms with Crippen LogP contribution in [0.5, 0.6) is 0 Å². The lowest BCUT2D eigenvalue weighted by Crippen LogP contribution is -2.02. The molecular weight excluding hydrogens is 110 g/mol. The highest BCUT2D eigenvalue weighted by Gasteiger charge is 2.38. The Labute approximate surface area is 58.0 Å².